The Morgan fingerprint density at radius 3 is 2.42 bits per heavy atom. The highest BCUT2D eigenvalue weighted by molar-refractivity contribution is 6.07. The zero-order valence-electron chi connectivity index (χ0n) is 20.9. The maximum absolute atomic E-state index is 13.1. The average Bonchev–Trinajstić information content (AvgIpc) is 3.28. The van der Waals surface area contributed by atoms with Gasteiger partial charge in [0.05, 0.1) is 17.1 Å². The minimum Gasteiger partial charge on any atom is -0.381 e. The number of carbonyl (C=O) groups excluding carboxylic acids is 1. The summed E-state index contributed by atoms with van der Waals surface area (Å²) in [6, 6.07) is 20.5. The number of hydrogen-bond donors (Lipinski definition) is 3. The summed E-state index contributed by atoms with van der Waals surface area (Å²) in [5.41, 5.74) is 8.96. The summed E-state index contributed by atoms with van der Waals surface area (Å²) in [6.07, 6.45) is 1.40. The van der Waals surface area contributed by atoms with E-state index >= 15 is 0 Å². The number of fused-ring (bicyclic) bond motifs is 1. The van der Waals surface area contributed by atoms with E-state index in [1.165, 1.54) is 6.08 Å². The van der Waals surface area contributed by atoms with E-state index in [2.05, 4.69) is 43.1 Å². The monoisotopic (exact) mass is 482 g/mol. The summed E-state index contributed by atoms with van der Waals surface area (Å²) in [5, 5.41) is 16.1. The highest BCUT2D eigenvalue weighted by atomic mass is 16.6. The molecule has 4 rings (SSSR count). The fraction of sp³-hybridized carbons (Fsp3) is 0.179. The number of hydrogen-bond acceptors (Lipinski definition) is 4. The van der Waals surface area contributed by atoms with Gasteiger partial charge in [0, 0.05) is 22.3 Å². The molecule has 3 aromatic carbocycles. The number of amides is 2. The van der Waals surface area contributed by atoms with Crippen LogP contribution in [0.2, 0.25) is 0 Å². The van der Waals surface area contributed by atoms with Crippen molar-refractivity contribution in [3.63, 3.8) is 0 Å². The lowest BCUT2D eigenvalue weighted by Crippen LogP contribution is -2.21. The smallest absolute Gasteiger partial charge is 0.324 e. The molecule has 4 aromatic rings. The molecule has 4 N–H and O–H groups in total. The van der Waals surface area contributed by atoms with Crippen LogP contribution in [0.1, 0.15) is 32.0 Å². The van der Waals surface area contributed by atoms with Crippen LogP contribution in [0.3, 0.4) is 0 Å². The Hall–Kier alpha value is -4.59. The molecule has 0 radical (unpaired) electrons. The van der Waals surface area contributed by atoms with Gasteiger partial charge in [-0.15, -0.1) is 0 Å². The molecule has 8 nitrogen and oxygen atoms in total. The lowest BCUT2D eigenvalue weighted by Gasteiger charge is -2.14. The summed E-state index contributed by atoms with van der Waals surface area (Å²) in [7, 11) is 0. The number of rotatable bonds is 6. The molecule has 184 valence electrons. The van der Waals surface area contributed by atoms with Gasteiger partial charge in [-0.1, -0.05) is 74.5 Å². The fourth-order valence-corrected chi connectivity index (χ4v) is 3.59. The first kappa shape index (κ1) is 24.5. The molecule has 0 saturated heterocycles. The predicted molar refractivity (Wildman–Crippen MR) is 146 cm³/mol. The molecule has 2 amide bonds. The number of aryl methyl sites for hydroxylation is 1. The van der Waals surface area contributed by atoms with Gasteiger partial charge in [0.25, 0.3) is 0 Å². The third-order valence-electron chi connectivity index (χ3n) is 5.59. The van der Waals surface area contributed by atoms with Gasteiger partial charge in [-0.2, -0.15) is 5.10 Å². The topological polar surface area (TPSA) is 107 Å². The van der Waals surface area contributed by atoms with Gasteiger partial charge in [-0.25, -0.2) is 9.48 Å². The van der Waals surface area contributed by atoms with E-state index in [0.717, 1.165) is 27.7 Å². The molecule has 0 unspecified atom stereocenters. The van der Waals surface area contributed by atoms with E-state index in [1.54, 1.807) is 16.8 Å². The van der Waals surface area contributed by atoms with E-state index in [4.69, 9.17) is 15.7 Å². The van der Waals surface area contributed by atoms with Crippen LogP contribution >= 0.6 is 0 Å². The van der Waals surface area contributed by atoms with Gasteiger partial charge in [-0.3, -0.25) is 5.32 Å². The number of nitrogens with two attached hydrogens (primary N) is 1. The Kier molecular flexibility index (Phi) is 6.78. The minimum atomic E-state index is -0.392. The summed E-state index contributed by atoms with van der Waals surface area (Å²) >= 11 is 0. The first-order chi connectivity index (χ1) is 17.2. The second kappa shape index (κ2) is 9.95. The average molecular weight is 483 g/mol. The molecule has 0 aliphatic heterocycles. The van der Waals surface area contributed by atoms with Crippen molar-refractivity contribution in [2.24, 2.45) is 10.9 Å². The van der Waals surface area contributed by atoms with Crippen molar-refractivity contribution in [1.29, 1.82) is 0 Å². The van der Waals surface area contributed by atoms with Gasteiger partial charge in [0.15, 0.2) is 11.6 Å². The molecule has 0 fully saturated rings. The molecular weight excluding hydrogens is 452 g/mol. The van der Waals surface area contributed by atoms with E-state index in [-0.39, 0.29) is 11.3 Å². The van der Waals surface area contributed by atoms with E-state index in [1.807, 2.05) is 61.5 Å². The van der Waals surface area contributed by atoms with E-state index < -0.39 is 6.03 Å². The number of amidine groups is 1. The Morgan fingerprint density at radius 2 is 1.75 bits per heavy atom. The fourth-order valence-electron chi connectivity index (χ4n) is 3.59. The number of urea groups is 1. The van der Waals surface area contributed by atoms with Crippen molar-refractivity contribution in [3.05, 3.63) is 90.6 Å². The Balaban J connectivity index is 1.63. The van der Waals surface area contributed by atoms with Crippen molar-refractivity contribution in [2.75, 3.05) is 10.6 Å². The van der Waals surface area contributed by atoms with Crippen LogP contribution in [0.5, 0.6) is 5.75 Å². The number of anilines is 2. The van der Waals surface area contributed by atoms with Crippen LogP contribution in [-0.2, 0) is 5.41 Å². The molecule has 36 heavy (non-hydrogen) atoms. The molecule has 0 aliphatic carbocycles. The van der Waals surface area contributed by atoms with Crippen LogP contribution in [-0.4, -0.2) is 21.6 Å². The predicted octanol–water partition coefficient (Wildman–Crippen LogP) is 6.11. The van der Waals surface area contributed by atoms with Crippen LogP contribution in [0.15, 0.2) is 84.5 Å². The van der Waals surface area contributed by atoms with Gasteiger partial charge in [0.2, 0.25) is 0 Å². The zero-order valence-corrected chi connectivity index (χ0v) is 20.9. The summed E-state index contributed by atoms with van der Waals surface area (Å²) in [6.45, 7) is 11.8. The minimum absolute atomic E-state index is 0.167. The Morgan fingerprint density at radius 1 is 1.06 bits per heavy atom. The number of aromatic nitrogens is 2. The number of benzene rings is 3. The number of carbonyl (C=O) groups is 1. The molecular formula is C28H30N6O2. The van der Waals surface area contributed by atoms with Crippen molar-refractivity contribution < 1.29 is 9.63 Å². The van der Waals surface area contributed by atoms with Crippen molar-refractivity contribution >= 4 is 34.1 Å². The summed E-state index contributed by atoms with van der Waals surface area (Å²) < 4.78 is 1.75. The van der Waals surface area contributed by atoms with Gasteiger partial charge in [-0.05, 0) is 37.3 Å². The van der Waals surface area contributed by atoms with Crippen LogP contribution in [0.4, 0.5) is 16.3 Å². The second-order valence-corrected chi connectivity index (χ2v) is 9.46. The summed E-state index contributed by atoms with van der Waals surface area (Å²) in [4.78, 5) is 18.6. The second-order valence-electron chi connectivity index (χ2n) is 9.46. The third-order valence-corrected chi connectivity index (χ3v) is 5.59. The molecule has 0 spiro atoms. The molecule has 0 saturated carbocycles. The highest BCUT2D eigenvalue weighted by Gasteiger charge is 2.22. The maximum Gasteiger partial charge on any atom is 0.324 e. The number of oxime groups is 1. The van der Waals surface area contributed by atoms with E-state index in [9.17, 15) is 4.79 Å². The summed E-state index contributed by atoms with van der Waals surface area (Å²) in [5.74, 6) is 1.24. The van der Waals surface area contributed by atoms with E-state index in [0.29, 0.717) is 17.3 Å². The number of nitrogens with zero attached hydrogens (tertiary/aromatic N) is 3. The first-order valence-corrected chi connectivity index (χ1v) is 11.6. The lowest BCUT2D eigenvalue weighted by atomic mass is 9.92. The quantitative estimate of drug-likeness (QED) is 0.175. The third kappa shape index (κ3) is 5.38. The van der Waals surface area contributed by atoms with Crippen LogP contribution in [0.25, 0.3) is 16.5 Å². The van der Waals surface area contributed by atoms with Crippen molar-refractivity contribution in [1.82, 2.24) is 9.78 Å². The van der Waals surface area contributed by atoms with Crippen molar-refractivity contribution in [3.8, 4) is 11.4 Å². The standard InChI is InChI=1S/C28H30N6O2/c1-6-25(29)33-36-23-16-15-22(20-9-7-8-10-21(20)23)30-27(35)31-26-17-24(28(3,4)5)32-34(26)19-13-11-18(2)12-14-19/h6-17H,1H2,2-5H3,(H2,29,33)(H2,30,31,35). The van der Waals surface area contributed by atoms with Crippen LogP contribution in [0, 0.1) is 6.92 Å². The largest absolute Gasteiger partial charge is 0.381 e. The molecule has 8 heteroatoms. The molecule has 0 bridgehead atoms. The molecule has 0 aliphatic rings. The zero-order chi connectivity index (χ0) is 25.9. The SMILES string of the molecule is C=C/C(N)=N\Oc1ccc(NC(=O)Nc2cc(C(C)(C)C)nn2-c2ccc(C)cc2)c2ccccc12. The highest BCUT2D eigenvalue weighted by Crippen LogP contribution is 2.32. The Bertz CT molecular complexity index is 1450. The van der Waals surface area contributed by atoms with Crippen molar-refractivity contribution in [2.45, 2.75) is 33.1 Å². The molecule has 1 aromatic heterocycles. The normalized spacial score (nSPS) is 11.8. The van der Waals surface area contributed by atoms with Gasteiger partial charge >= 0.3 is 6.03 Å². The van der Waals surface area contributed by atoms with Gasteiger partial charge in [0.1, 0.15) is 5.82 Å². The molecule has 0 atom stereocenters. The maximum atomic E-state index is 13.1. The van der Waals surface area contributed by atoms with Gasteiger partial charge < -0.3 is 15.9 Å². The van der Waals surface area contributed by atoms with Crippen LogP contribution < -0.4 is 21.2 Å². The number of nitrogens with one attached hydrogen (secondary N) is 2. The molecule has 1 heterocycles. The Labute approximate surface area is 210 Å². The lowest BCUT2D eigenvalue weighted by molar-refractivity contribution is 0.262. The first-order valence-electron chi connectivity index (χ1n) is 11.6.